The van der Waals surface area contributed by atoms with Crippen LogP contribution in [-0.2, 0) is 63.6 Å². The normalized spacial score (nSPS) is 13.4. The lowest BCUT2D eigenvalue weighted by Gasteiger charge is -2.46. The van der Waals surface area contributed by atoms with Crippen LogP contribution in [0, 0.1) is 0 Å². The average molecular weight is 1200 g/mol. The molecule has 7 aromatic carbocycles. The minimum Gasteiger partial charge on any atom is -0.508 e. The number of phenolic OH excluding ortho intramolecular Hbond substituents is 1. The number of carbonyl (C=O) groups is 1. The van der Waals surface area contributed by atoms with Crippen molar-refractivity contribution in [2.75, 3.05) is 5.75 Å². The van der Waals surface area contributed by atoms with E-state index >= 15 is 0 Å². The quantitative estimate of drug-likeness (QED) is 0.0678. The Labute approximate surface area is 440 Å². The fraction of sp³-hybridized carbons (Fsp3) is 0.173. The second-order valence-corrected chi connectivity index (χ2v) is 20.2. The first kappa shape index (κ1) is 62.7. The number of alkyl halides is 24. The lowest BCUT2D eigenvalue weighted by molar-refractivity contribution is -0.144. The van der Waals surface area contributed by atoms with Gasteiger partial charge in [0.05, 0.1) is 44.5 Å². The van der Waals surface area contributed by atoms with Gasteiger partial charge in [0.25, 0.3) is 0 Å². The maximum absolute atomic E-state index is 14.2. The number of Topliss-reactive ketones (excluding diaryl/α,β-unsaturated/α-hetero) is 1. The van der Waals surface area contributed by atoms with Gasteiger partial charge in [0.15, 0.2) is 25.5 Å². The van der Waals surface area contributed by atoms with E-state index < -0.39 is 205 Å². The monoisotopic (exact) mass is 1200 g/mol. The fourth-order valence-electron chi connectivity index (χ4n) is 8.57. The molecule has 0 unspecified atom stereocenters. The Bertz CT molecular complexity index is 2970. The minimum atomic E-state index is -6.13. The number of benzene rings is 7. The van der Waals surface area contributed by atoms with E-state index in [1.54, 1.807) is 36.4 Å². The molecule has 0 radical (unpaired) electrons. The standard InChI is InChI=1S/C32H12BF24.C20H16O3S/c34-25(35,36)13-1-14(26(37,38)39)6-21(5-13)33(22-7-15(27(40,41)42)2-16(8-22)28(43,44)45,23-9-17(29(46,47)48)3-18(10-23)30(49,50)51)24-11-19(31(52,53)54)4-20(12-24)32(55,56)57;21-17-13-11-16(12-14-17)20(22)15-24(23,18-7-3-1-4-8-18)19-9-5-2-6-10-19/h1-12H;1-14H,15H2/q-1;/p+1. The average Bonchev–Trinajstić information content (AvgIpc) is 3.49. The lowest BCUT2D eigenvalue weighted by atomic mass is 9.12. The van der Waals surface area contributed by atoms with Crippen LogP contribution in [0.2, 0.25) is 0 Å². The van der Waals surface area contributed by atoms with E-state index in [2.05, 4.69) is 0 Å². The van der Waals surface area contributed by atoms with Crippen LogP contribution in [0.25, 0.3) is 0 Å². The number of halogens is 24. The first-order valence-corrected chi connectivity index (χ1v) is 23.9. The van der Waals surface area contributed by atoms with E-state index in [1.165, 1.54) is 12.1 Å². The van der Waals surface area contributed by atoms with Crippen molar-refractivity contribution in [2.24, 2.45) is 0 Å². The molecule has 1 N–H and O–H groups in total. The van der Waals surface area contributed by atoms with Crippen LogP contribution >= 0.6 is 0 Å². The Morgan fingerprint density at radius 2 is 0.543 bits per heavy atom. The first-order chi connectivity index (χ1) is 36.9. The Morgan fingerprint density at radius 1 is 0.333 bits per heavy atom. The van der Waals surface area contributed by atoms with Crippen LogP contribution in [0.15, 0.2) is 168 Å². The molecule has 432 valence electrons. The van der Waals surface area contributed by atoms with Gasteiger partial charge in [-0.25, -0.2) is 0 Å². The smallest absolute Gasteiger partial charge is 0.416 e. The van der Waals surface area contributed by atoms with Gasteiger partial charge in [-0.3, -0.25) is 4.79 Å². The Kier molecular flexibility index (Phi) is 16.9. The minimum absolute atomic E-state index is 0.0957. The van der Waals surface area contributed by atoms with Crippen LogP contribution in [0.4, 0.5) is 105 Å². The van der Waals surface area contributed by atoms with Crippen LogP contribution in [0.1, 0.15) is 54.9 Å². The van der Waals surface area contributed by atoms with Gasteiger partial charge in [0.1, 0.15) is 11.9 Å². The lowest BCUT2D eigenvalue weighted by Crippen LogP contribution is -2.75. The largest absolute Gasteiger partial charge is 0.508 e. The van der Waals surface area contributed by atoms with Gasteiger partial charge in [0.2, 0.25) is 5.78 Å². The molecule has 0 aliphatic rings. The van der Waals surface area contributed by atoms with Gasteiger partial charge < -0.3 is 5.11 Å². The van der Waals surface area contributed by atoms with Gasteiger partial charge >= 0.3 is 49.4 Å². The van der Waals surface area contributed by atoms with Crippen molar-refractivity contribution >= 4 is 43.7 Å². The van der Waals surface area contributed by atoms with Crippen molar-refractivity contribution in [3.8, 4) is 5.75 Å². The number of phenols is 1. The van der Waals surface area contributed by atoms with E-state index in [-0.39, 0.29) is 17.3 Å². The molecule has 0 saturated carbocycles. The second kappa shape index (κ2) is 21.8. The molecule has 0 bridgehead atoms. The number of ketones is 1. The van der Waals surface area contributed by atoms with Crippen molar-refractivity contribution < 1.29 is 119 Å². The van der Waals surface area contributed by atoms with Crippen molar-refractivity contribution in [3.05, 3.63) is 208 Å². The first-order valence-electron chi connectivity index (χ1n) is 22.2. The molecule has 29 heteroatoms. The molecular weight excluding hydrogens is 1170 g/mol. The number of rotatable bonds is 9. The molecule has 0 amide bonds. The SMILES string of the molecule is FC(F)(F)c1cc([B-](c2cc(C(F)(F)F)cc(C(F)(F)F)c2)(c2cc(C(F)(F)F)cc(C(F)(F)F)c2)c2cc(C(F)(F)F)cc(C(F)(F)F)c2)cc(C(F)(F)F)c1.O=C(C[S+](=O)(c1ccccc1)c1ccccc1)c1ccc(O)cc1. The van der Waals surface area contributed by atoms with Gasteiger partial charge in [-0.1, -0.05) is 89.1 Å². The highest BCUT2D eigenvalue weighted by molar-refractivity contribution is 8.03. The summed E-state index contributed by atoms with van der Waals surface area (Å²) in [6, 6.07) is 15.4. The molecule has 0 spiro atoms. The Balaban J connectivity index is 0.000000363. The molecule has 0 saturated heterocycles. The number of carbonyl (C=O) groups excluding carboxylic acids is 1. The summed E-state index contributed by atoms with van der Waals surface area (Å²) in [5, 5.41) is 9.36. The third-order valence-corrected chi connectivity index (χ3v) is 14.9. The van der Waals surface area contributed by atoms with Gasteiger partial charge in [-0.2, -0.15) is 127 Å². The highest BCUT2D eigenvalue weighted by atomic mass is 32.2. The predicted molar refractivity (Wildman–Crippen MR) is 245 cm³/mol. The van der Waals surface area contributed by atoms with E-state index in [9.17, 15) is 119 Å². The van der Waals surface area contributed by atoms with E-state index in [0.717, 1.165) is 0 Å². The van der Waals surface area contributed by atoms with Gasteiger partial charge in [0, 0.05) is 5.56 Å². The van der Waals surface area contributed by atoms with E-state index in [0.29, 0.717) is 15.4 Å². The topological polar surface area (TPSA) is 54.4 Å². The fourth-order valence-corrected chi connectivity index (χ4v) is 10.9. The van der Waals surface area contributed by atoms with E-state index in [4.69, 9.17) is 0 Å². The summed E-state index contributed by atoms with van der Waals surface area (Å²) in [6.07, 6.45) is -54.8. The van der Waals surface area contributed by atoms with Crippen molar-refractivity contribution in [2.45, 2.75) is 59.2 Å². The Hall–Kier alpha value is -7.46. The molecule has 3 nitrogen and oxygen atoms in total. The molecule has 0 atom stereocenters. The highest BCUT2D eigenvalue weighted by Gasteiger charge is 2.47. The molecule has 0 aliphatic carbocycles. The zero-order valence-electron chi connectivity index (χ0n) is 39.5. The number of hydrogen-bond acceptors (Lipinski definition) is 3. The predicted octanol–water partition coefficient (Wildman–Crippen LogP) is 15.4. The van der Waals surface area contributed by atoms with Gasteiger partial charge in [-0.15, -0.1) is 0 Å². The summed E-state index contributed by atoms with van der Waals surface area (Å²) < 4.78 is 355. The summed E-state index contributed by atoms with van der Waals surface area (Å²) in [5.74, 6) is -0.225. The van der Waals surface area contributed by atoms with E-state index in [1.807, 2.05) is 36.4 Å². The number of hydrogen-bond donors (Lipinski definition) is 1. The molecular formula is C52H29BF24O3S. The maximum Gasteiger partial charge on any atom is 0.416 e. The Morgan fingerprint density at radius 3 is 0.741 bits per heavy atom. The molecule has 7 rings (SSSR count). The zero-order chi connectivity index (χ0) is 60.9. The molecule has 0 aliphatic heterocycles. The third kappa shape index (κ3) is 14.2. The van der Waals surface area contributed by atoms with Crippen molar-refractivity contribution in [3.63, 3.8) is 0 Å². The molecule has 7 aromatic rings. The summed E-state index contributed by atoms with van der Waals surface area (Å²) >= 11 is 0. The van der Waals surface area contributed by atoms with Crippen molar-refractivity contribution in [1.82, 2.24) is 0 Å². The second-order valence-electron chi connectivity index (χ2n) is 17.6. The van der Waals surface area contributed by atoms with Crippen LogP contribution in [0.3, 0.4) is 0 Å². The van der Waals surface area contributed by atoms with Crippen molar-refractivity contribution in [1.29, 1.82) is 0 Å². The molecule has 81 heavy (non-hydrogen) atoms. The highest BCUT2D eigenvalue weighted by Crippen LogP contribution is 2.42. The summed E-state index contributed by atoms with van der Waals surface area (Å²) in [6.45, 7) is 0. The zero-order valence-corrected chi connectivity index (χ0v) is 40.4. The van der Waals surface area contributed by atoms with Crippen LogP contribution in [-0.4, -0.2) is 22.8 Å². The molecule has 0 heterocycles. The molecule has 0 aromatic heterocycles. The third-order valence-electron chi connectivity index (χ3n) is 12.2. The summed E-state index contributed by atoms with van der Waals surface area (Å²) in [4.78, 5) is 13.9. The van der Waals surface area contributed by atoms with Crippen LogP contribution in [0.5, 0.6) is 5.75 Å². The maximum atomic E-state index is 14.2. The van der Waals surface area contributed by atoms with Gasteiger partial charge in [-0.05, 0) is 72.8 Å². The summed E-state index contributed by atoms with van der Waals surface area (Å²) in [7, 11) is -2.72. The number of aromatic hydroxyl groups is 1. The van der Waals surface area contributed by atoms with Crippen LogP contribution < -0.4 is 21.9 Å². The summed E-state index contributed by atoms with van der Waals surface area (Å²) in [5.41, 5.74) is -29.8. The molecule has 0 fully saturated rings.